The molecule has 32 heavy (non-hydrogen) atoms. The Morgan fingerprint density at radius 2 is 2.00 bits per heavy atom. The van der Waals surface area contributed by atoms with Crippen LogP contribution in [0.5, 0.6) is 0 Å². The number of nitro benzene ring substituents is 1. The Bertz CT molecular complexity index is 1110. The summed E-state index contributed by atoms with van der Waals surface area (Å²) in [4.78, 5) is 22.6. The fourth-order valence-electron chi connectivity index (χ4n) is 3.57. The Morgan fingerprint density at radius 3 is 2.62 bits per heavy atom. The van der Waals surface area contributed by atoms with Crippen LogP contribution in [0.1, 0.15) is 41.8 Å². The number of aliphatic hydroxyl groups is 1. The van der Waals surface area contributed by atoms with E-state index >= 15 is 0 Å². The Hall–Kier alpha value is -2.53. The molecule has 0 aliphatic carbocycles. The second-order valence-corrected chi connectivity index (χ2v) is 10.1. The number of hydrogen-bond acceptors (Lipinski definition) is 6. The van der Waals surface area contributed by atoms with Gasteiger partial charge in [0.05, 0.1) is 16.0 Å². The fraction of sp³-hybridized carbons (Fsp3) is 0.381. The van der Waals surface area contributed by atoms with Gasteiger partial charge in [-0.2, -0.15) is 4.31 Å². The maximum absolute atomic E-state index is 13.1. The van der Waals surface area contributed by atoms with Crippen molar-refractivity contribution >= 4 is 33.2 Å². The third-order valence-corrected chi connectivity index (χ3v) is 7.72. The third kappa shape index (κ3) is 5.44. The number of benzene rings is 2. The Kier molecular flexibility index (Phi) is 7.50. The first-order valence-electron chi connectivity index (χ1n) is 10.1. The fourth-order valence-corrected chi connectivity index (χ4v) is 5.67. The van der Waals surface area contributed by atoms with Crippen LogP contribution in [0, 0.1) is 16.0 Å². The molecule has 1 fully saturated rings. The summed E-state index contributed by atoms with van der Waals surface area (Å²) in [7, 11) is -3.85. The number of hydrogen-bond donors (Lipinski definition) is 2. The number of carbonyl (C=O) groups is 1. The minimum Gasteiger partial charge on any atom is -0.387 e. The molecule has 0 spiro atoms. The molecule has 1 heterocycles. The molecule has 11 heteroatoms. The predicted octanol–water partition coefficient (Wildman–Crippen LogP) is 3.13. The van der Waals surface area contributed by atoms with Gasteiger partial charge in [0.25, 0.3) is 11.6 Å². The van der Waals surface area contributed by atoms with Crippen molar-refractivity contribution in [3.63, 3.8) is 0 Å². The molecule has 172 valence electrons. The van der Waals surface area contributed by atoms with E-state index in [4.69, 9.17) is 11.6 Å². The molecule has 9 nitrogen and oxygen atoms in total. The van der Waals surface area contributed by atoms with Crippen molar-refractivity contribution in [3.05, 3.63) is 68.7 Å². The van der Waals surface area contributed by atoms with E-state index in [2.05, 4.69) is 5.32 Å². The molecule has 0 radical (unpaired) electrons. The highest BCUT2D eigenvalue weighted by molar-refractivity contribution is 7.89. The first-order chi connectivity index (χ1) is 15.1. The van der Waals surface area contributed by atoms with E-state index in [-0.39, 0.29) is 33.6 Å². The molecule has 2 N–H and O–H groups in total. The third-order valence-electron chi connectivity index (χ3n) is 5.38. The van der Waals surface area contributed by atoms with Crippen molar-refractivity contribution in [2.45, 2.75) is 30.8 Å². The highest BCUT2D eigenvalue weighted by Crippen LogP contribution is 2.29. The number of nitro groups is 1. The number of rotatable bonds is 7. The first kappa shape index (κ1) is 24.1. The molecular formula is C21H24ClN3O6S. The van der Waals surface area contributed by atoms with Crippen LogP contribution in [-0.4, -0.2) is 48.3 Å². The summed E-state index contributed by atoms with van der Waals surface area (Å²) >= 11 is 6.16. The number of carbonyl (C=O) groups excluding carboxylic acids is 1. The minimum atomic E-state index is -3.85. The highest BCUT2D eigenvalue weighted by Gasteiger charge is 2.31. The minimum absolute atomic E-state index is 0.0330. The second kappa shape index (κ2) is 9.95. The lowest BCUT2D eigenvalue weighted by molar-refractivity contribution is -0.384. The zero-order valence-corrected chi connectivity index (χ0v) is 19.0. The van der Waals surface area contributed by atoms with E-state index in [1.165, 1.54) is 46.8 Å². The number of amides is 1. The van der Waals surface area contributed by atoms with Crippen molar-refractivity contribution in [1.29, 1.82) is 0 Å². The predicted molar refractivity (Wildman–Crippen MR) is 119 cm³/mol. The summed E-state index contributed by atoms with van der Waals surface area (Å²) in [5, 5.41) is 23.6. The standard InChI is InChI=1S/C21H24ClN3O6S/c1-14-3-2-10-24(13-14)32(30,31)20-11-16(6-9-18(20)22)21(27)23-12-19(26)15-4-7-17(8-5-15)25(28)29/h4-9,11,14,19,26H,2-3,10,12-13H2,1H3,(H,23,27). The van der Waals surface area contributed by atoms with Gasteiger partial charge in [-0.1, -0.05) is 18.5 Å². The van der Waals surface area contributed by atoms with Gasteiger partial charge in [-0.05, 0) is 54.7 Å². The van der Waals surface area contributed by atoms with Gasteiger partial charge < -0.3 is 10.4 Å². The maximum Gasteiger partial charge on any atom is 0.269 e. The monoisotopic (exact) mass is 481 g/mol. The average Bonchev–Trinajstić information content (AvgIpc) is 2.77. The Labute approximate surface area is 191 Å². The van der Waals surface area contributed by atoms with Crippen LogP contribution in [0.25, 0.3) is 0 Å². The normalized spacial score (nSPS) is 18.2. The molecule has 1 aliphatic heterocycles. The molecule has 2 atom stereocenters. The summed E-state index contributed by atoms with van der Waals surface area (Å²) in [6.07, 6.45) is 0.628. The smallest absolute Gasteiger partial charge is 0.269 e. The van der Waals surface area contributed by atoms with Crippen molar-refractivity contribution in [1.82, 2.24) is 9.62 Å². The Morgan fingerprint density at radius 1 is 1.31 bits per heavy atom. The highest BCUT2D eigenvalue weighted by atomic mass is 35.5. The summed E-state index contributed by atoms with van der Waals surface area (Å²) in [5.74, 6) is -0.337. The largest absolute Gasteiger partial charge is 0.387 e. The van der Waals surface area contributed by atoms with Crippen LogP contribution >= 0.6 is 11.6 Å². The number of aliphatic hydroxyl groups excluding tert-OH is 1. The number of sulfonamides is 1. The van der Waals surface area contributed by atoms with Crippen LogP contribution in [0.3, 0.4) is 0 Å². The van der Waals surface area contributed by atoms with Crippen molar-refractivity contribution in [3.8, 4) is 0 Å². The summed E-state index contributed by atoms with van der Waals surface area (Å²) < 4.78 is 27.5. The zero-order chi connectivity index (χ0) is 23.5. The van der Waals surface area contributed by atoms with Crippen LogP contribution in [0.15, 0.2) is 47.4 Å². The van der Waals surface area contributed by atoms with Gasteiger partial charge in [0.15, 0.2) is 0 Å². The molecule has 1 amide bonds. The van der Waals surface area contributed by atoms with Gasteiger partial charge in [0.1, 0.15) is 4.90 Å². The Balaban J connectivity index is 1.71. The zero-order valence-electron chi connectivity index (χ0n) is 17.4. The van der Waals surface area contributed by atoms with E-state index < -0.39 is 27.0 Å². The molecule has 2 aromatic rings. The SMILES string of the molecule is CC1CCCN(S(=O)(=O)c2cc(C(=O)NCC(O)c3ccc([N+](=O)[O-])cc3)ccc2Cl)C1. The molecule has 2 aromatic carbocycles. The lowest BCUT2D eigenvalue weighted by Gasteiger charge is -2.30. The number of halogens is 1. The lowest BCUT2D eigenvalue weighted by Crippen LogP contribution is -2.39. The topological polar surface area (TPSA) is 130 Å². The van der Waals surface area contributed by atoms with Crippen molar-refractivity contribution in [2.24, 2.45) is 5.92 Å². The van der Waals surface area contributed by atoms with E-state index in [0.29, 0.717) is 18.7 Å². The molecule has 3 rings (SSSR count). The quantitative estimate of drug-likeness (QED) is 0.461. The van der Waals surface area contributed by atoms with Gasteiger partial charge in [-0.3, -0.25) is 14.9 Å². The molecule has 2 unspecified atom stereocenters. The number of nitrogens with one attached hydrogen (secondary N) is 1. The van der Waals surface area contributed by atoms with E-state index in [0.717, 1.165) is 12.8 Å². The van der Waals surface area contributed by atoms with Gasteiger partial charge >= 0.3 is 0 Å². The lowest BCUT2D eigenvalue weighted by atomic mass is 10.0. The first-order valence-corrected chi connectivity index (χ1v) is 11.9. The van der Waals surface area contributed by atoms with E-state index in [1.807, 2.05) is 6.92 Å². The summed E-state index contributed by atoms with van der Waals surface area (Å²) in [6, 6.07) is 9.35. The number of non-ortho nitro benzene ring substituents is 1. The summed E-state index contributed by atoms with van der Waals surface area (Å²) in [6.45, 7) is 2.63. The average molecular weight is 482 g/mol. The van der Waals surface area contributed by atoms with Gasteiger partial charge in [0.2, 0.25) is 10.0 Å². The van der Waals surface area contributed by atoms with E-state index in [1.54, 1.807) is 0 Å². The van der Waals surface area contributed by atoms with Crippen molar-refractivity contribution < 1.29 is 23.2 Å². The second-order valence-electron chi connectivity index (χ2n) is 7.83. The molecule has 0 saturated carbocycles. The molecule has 1 aliphatic rings. The van der Waals surface area contributed by atoms with E-state index in [9.17, 15) is 28.4 Å². The molecule has 1 saturated heterocycles. The van der Waals surface area contributed by atoms with Crippen LogP contribution in [0.4, 0.5) is 5.69 Å². The molecule has 0 bridgehead atoms. The van der Waals surface area contributed by atoms with Gasteiger partial charge in [-0.25, -0.2) is 8.42 Å². The maximum atomic E-state index is 13.1. The van der Waals surface area contributed by atoms with Crippen LogP contribution in [0.2, 0.25) is 5.02 Å². The van der Waals surface area contributed by atoms with Gasteiger partial charge in [0, 0.05) is 37.3 Å². The summed E-state index contributed by atoms with van der Waals surface area (Å²) in [5.41, 5.74) is 0.381. The molecular weight excluding hydrogens is 458 g/mol. The van der Waals surface area contributed by atoms with Crippen LogP contribution < -0.4 is 5.32 Å². The molecule has 0 aromatic heterocycles. The van der Waals surface area contributed by atoms with Crippen LogP contribution in [-0.2, 0) is 10.0 Å². The number of nitrogens with zero attached hydrogens (tertiary/aromatic N) is 2. The van der Waals surface area contributed by atoms with Crippen molar-refractivity contribution in [2.75, 3.05) is 19.6 Å². The van der Waals surface area contributed by atoms with Gasteiger partial charge in [-0.15, -0.1) is 0 Å². The number of piperidine rings is 1.